The molecule has 6 rings (SSSR count). The van der Waals surface area contributed by atoms with Crippen LogP contribution in [-0.4, -0.2) is 84.1 Å². The molecule has 0 bridgehead atoms. The van der Waals surface area contributed by atoms with Crippen molar-refractivity contribution in [3.05, 3.63) is 65.4 Å². The van der Waals surface area contributed by atoms with Gasteiger partial charge in [-0.1, -0.05) is 24.8 Å². The maximum atomic E-state index is 14.7. The Kier molecular flexibility index (Phi) is 8.36. The highest BCUT2D eigenvalue weighted by Gasteiger charge is 2.35. The van der Waals surface area contributed by atoms with Crippen molar-refractivity contribution in [3.63, 3.8) is 0 Å². The van der Waals surface area contributed by atoms with Crippen molar-refractivity contribution in [2.24, 2.45) is 0 Å². The van der Waals surface area contributed by atoms with Crippen molar-refractivity contribution in [3.8, 4) is 12.1 Å². The number of piperazine rings is 1. The fourth-order valence-corrected chi connectivity index (χ4v) is 6.81. The van der Waals surface area contributed by atoms with E-state index >= 15 is 0 Å². The first-order valence-corrected chi connectivity index (χ1v) is 15.2. The number of halogens is 2. The summed E-state index contributed by atoms with van der Waals surface area (Å²) in [6, 6.07) is 11.5. The van der Waals surface area contributed by atoms with Crippen LogP contribution in [0, 0.1) is 24.1 Å². The van der Waals surface area contributed by atoms with E-state index in [4.69, 9.17) is 14.7 Å². The molecule has 1 aromatic heterocycles. The molecule has 230 valence electrons. The van der Waals surface area contributed by atoms with Crippen molar-refractivity contribution in [1.82, 2.24) is 19.8 Å². The smallest absolute Gasteiger partial charge is 0.318 e. The fraction of sp³-hybridized carbons (Fsp3) is 0.455. The van der Waals surface area contributed by atoms with Gasteiger partial charge in [0.2, 0.25) is 0 Å². The number of hydrogen-bond donors (Lipinski definition) is 0. The van der Waals surface area contributed by atoms with Crippen LogP contribution in [0.1, 0.15) is 36.1 Å². The summed E-state index contributed by atoms with van der Waals surface area (Å²) in [6.45, 7) is 8.62. The minimum Gasteiger partial charge on any atom is -0.462 e. The SMILES string of the molecule is C=C(F)C(=O)N1CCN(c2nc(OCC3CCCN3C)nc3c2CCN(c2cccc4ccc(F)c(C)c24)C3)CC1CC#N. The summed E-state index contributed by atoms with van der Waals surface area (Å²) in [4.78, 5) is 30.3. The predicted molar refractivity (Wildman–Crippen MR) is 165 cm³/mol. The molecule has 1 amide bonds. The highest BCUT2D eigenvalue weighted by molar-refractivity contribution is 5.97. The standard InChI is InChI=1S/C33H37F2N7O2/c1-21-27(35)10-9-23-6-4-8-29(30(21)23)40-15-12-26-28(19-40)37-33(44-20-25-7-5-14-39(25)3)38-31(26)41-16-17-42(32(43)22(2)34)24(18-41)11-13-36/h4,6,8-10,24-25H,2,5,7,11-12,14-20H2,1,3H3. The van der Waals surface area contributed by atoms with Gasteiger partial charge >= 0.3 is 6.01 Å². The highest BCUT2D eigenvalue weighted by atomic mass is 19.1. The zero-order valence-electron chi connectivity index (χ0n) is 25.2. The molecule has 2 fully saturated rings. The van der Waals surface area contributed by atoms with E-state index < -0.39 is 17.8 Å². The molecule has 0 saturated carbocycles. The summed E-state index contributed by atoms with van der Waals surface area (Å²) in [5, 5.41) is 11.4. The molecular formula is C33H37F2N7O2. The van der Waals surface area contributed by atoms with Crippen LogP contribution in [0.25, 0.3) is 10.8 Å². The van der Waals surface area contributed by atoms with Crippen molar-refractivity contribution in [2.75, 3.05) is 56.2 Å². The summed E-state index contributed by atoms with van der Waals surface area (Å²) in [5.41, 5.74) is 3.38. The predicted octanol–water partition coefficient (Wildman–Crippen LogP) is 4.53. The zero-order valence-corrected chi connectivity index (χ0v) is 25.2. The van der Waals surface area contributed by atoms with E-state index in [1.54, 1.807) is 0 Å². The average molecular weight is 602 g/mol. The first-order valence-electron chi connectivity index (χ1n) is 15.2. The lowest BCUT2D eigenvalue weighted by molar-refractivity contribution is -0.131. The minimum atomic E-state index is -1.03. The molecule has 2 saturated heterocycles. The third kappa shape index (κ3) is 5.66. The summed E-state index contributed by atoms with van der Waals surface area (Å²) in [5.74, 6) is -1.33. The molecular weight excluding hydrogens is 564 g/mol. The molecule has 4 heterocycles. The van der Waals surface area contributed by atoms with Crippen LogP contribution in [0.4, 0.5) is 20.3 Å². The van der Waals surface area contributed by atoms with Crippen LogP contribution >= 0.6 is 0 Å². The number of rotatable bonds is 7. The number of nitrogens with zero attached hydrogens (tertiary/aromatic N) is 7. The molecule has 0 N–H and O–H groups in total. The zero-order chi connectivity index (χ0) is 31.0. The molecule has 44 heavy (non-hydrogen) atoms. The van der Waals surface area contributed by atoms with Gasteiger partial charge in [0.05, 0.1) is 30.8 Å². The first-order chi connectivity index (χ1) is 21.2. The Morgan fingerprint density at radius 1 is 1.14 bits per heavy atom. The van der Waals surface area contributed by atoms with Crippen LogP contribution in [0.3, 0.4) is 0 Å². The number of aryl methyl sites for hydroxylation is 1. The number of amides is 1. The quantitative estimate of drug-likeness (QED) is 0.365. The molecule has 3 aliphatic heterocycles. The van der Waals surface area contributed by atoms with Gasteiger partial charge in [0.15, 0.2) is 5.83 Å². The number of aromatic nitrogens is 2. The van der Waals surface area contributed by atoms with Gasteiger partial charge < -0.3 is 24.3 Å². The minimum absolute atomic E-state index is 0.0605. The van der Waals surface area contributed by atoms with E-state index in [2.05, 4.69) is 34.4 Å². The number of anilines is 2. The topological polar surface area (TPSA) is 88.8 Å². The number of ether oxygens (including phenoxy) is 1. The third-order valence-corrected chi connectivity index (χ3v) is 9.26. The van der Waals surface area contributed by atoms with Crippen molar-refractivity contribution in [2.45, 2.75) is 51.2 Å². The Morgan fingerprint density at radius 2 is 1.98 bits per heavy atom. The van der Waals surface area contributed by atoms with Crippen LogP contribution in [0.5, 0.6) is 6.01 Å². The Balaban J connectivity index is 1.35. The van der Waals surface area contributed by atoms with Gasteiger partial charge in [-0.25, -0.2) is 8.78 Å². The second-order valence-electron chi connectivity index (χ2n) is 11.9. The monoisotopic (exact) mass is 601 g/mol. The molecule has 0 radical (unpaired) electrons. The molecule has 3 aliphatic rings. The van der Waals surface area contributed by atoms with Gasteiger partial charge in [0.1, 0.15) is 18.2 Å². The second kappa shape index (κ2) is 12.4. The second-order valence-corrected chi connectivity index (χ2v) is 11.9. The number of hydrogen-bond acceptors (Lipinski definition) is 8. The normalized spacial score (nSPS) is 20.5. The molecule has 3 aromatic rings. The Bertz CT molecular complexity index is 1640. The van der Waals surface area contributed by atoms with Gasteiger partial charge in [0, 0.05) is 48.9 Å². The lowest BCUT2D eigenvalue weighted by Gasteiger charge is -2.42. The van der Waals surface area contributed by atoms with Crippen molar-refractivity contribution in [1.29, 1.82) is 5.26 Å². The number of carbonyl (C=O) groups excluding carboxylic acids is 1. The number of likely N-dealkylation sites (tertiary alicyclic amines) is 1. The van der Waals surface area contributed by atoms with E-state index in [0.717, 1.165) is 52.9 Å². The molecule has 9 nitrogen and oxygen atoms in total. The maximum absolute atomic E-state index is 14.7. The lowest BCUT2D eigenvalue weighted by Crippen LogP contribution is -2.55. The van der Waals surface area contributed by atoms with E-state index in [-0.39, 0.29) is 30.8 Å². The van der Waals surface area contributed by atoms with Crippen LogP contribution < -0.4 is 14.5 Å². The Morgan fingerprint density at radius 3 is 2.73 bits per heavy atom. The molecule has 0 aliphatic carbocycles. The highest BCUT2D eigenvalue weighted by Crippen LogP contribution is 2.36. The largest absolute Gasteiger partial charge is 0.462 e. The molecule has 2 aromatic carbocycles. The summed E-state index contributed by atoms with van der Waals surface area (Å²) in [7, 11) is 2.09. The number of fused-ring (bicyclic) bond motifs is 2. The van der Waals surface area contributed by atoms with E-state index in [1.807, 2.05) is 31.2 Å². The third-order valence-electron chi connectivity index (χ3n) is 9.26. The average Bonchev–Trinajstić information content (AvgIpc) is 3.44. The molecule has 2 atom stereocenters. The van der Waals surface area contributed by atoms with E-state index in [9.17, 15) is 18.8 Å². The number of nitriles is 1. The van der Waals surface area contributed by atoms with E-state index in [0.29, 0.717) is 44.8 Å². The van der Waals surface area contributed by atoms with Gasteiger partial charge in [-0.05, 0) is 62.9 Å². The van der Waals surface area contributed by atoms with Gasteiger partial charge in [-0.3, -0.25) is 4.79 Å². The Hall–Kier alpha value is -4.30. The van der Waals surface area contributed by atoms with Crippen LogP contribution in [0.15, 0.2) is 42.7 Å². The van der Waals surface area contributed by atoms with Crippen LogP contribution in [0.2, 0.25) is 0 Å². The van der Waals surface area contributed by atoms with Gasteiger partial charge in [-0.2, -0.15) is 15.2 Å². The van der Waals surface area contributed by atoms with Crippen molar-refractivity contribution >= 4 is 28.2 Å². The Labute approximate surface area is 256 Å². The first kappa shape index (κ1) is 29.8. The fourth-order valence-electron chi connectivity index (χ4n) is 6.81. The maximum Gasteiger partial charge on any atom is 0.318 e. The van der Waals surface area contributed by atoms with E-state index in [1.165, 1.54) is 11.0 Å². The number of carbonyl (C=O) groups is 1. The van der Waals surface area contributed by atoms with Crippen molar-refractivity contribution < 1.29 is 18.3 Å². The number of likely N-dealkylation sites (N-methyl/N-ethyl adjacent to an activating group) is 1. The summed E-state index contributed by atoms with van der Waals surface area (Å²) < 4.78 is 34.7. The van der Waals surface area contributed by atoms with Gasteiger partial charge in [0.25, 0.3) is 5.91 Å². The molecule has 11 heteroatoms. The summed E-state index contributed by atoms with van der Waals surface area (Å²) >= 11 is 0. The lowest BCUT2D eigenvalue weighted by atomic mass is 9.99. The summed E-state index contributed by atoms with van der Waals surface area (Å²) in [6.07, 6.45) is 2.87. The van der Waals surface area contributed by atoms with Gasteiger partial charge in [-0.15, -0.1) is 0 Å². The molecule has 0 spiro atoms. The molecule has 2 unspecified atom stereocenters. The van der Waals surface area contributed by atoms with Crippen LogP contribution in [-0.2, 0) is 17.8 Å². The number of benzene rings is 2.